The van der Waals surface area contributed by atoms with Gasteiger partial charge in [0.15, 0.2) is 0 Å². The van der Waals surface area contributed by atoms with E-state index in [4.69, 9.17) is 9.47 Å². The smallest absolute Gasteiger partial charge is 0.255 e. The molecule has 4 atom stereocenters. The van der Waals surface area contributed by atoms with Crippen LogP contribution in [0.15, 0.2) is 24.5 Å². The van der Waals surface area contributed by atoms with Gasteiger partial charge in [0.25, 0.3) is 5.91 Å². The van der Waals surface area contributed by atoms with E-state index < -0.39 is 6.10 Å². The Morgan fingerprint density at radius 2 is 2.22 bits per heavy atom. The lowest BCUT2D eigenvalue weighted by atomic mass is 9.94. The number of β-amino-alcohol motifs (C(OH)–C–C–N with tert-alkyl or cyclic N) is 1. The number of hydrogen-bond acceptors (Lipinski definition) is 6. The summed E-state index contributed by atoms with van der Waals surface area (Å²) < 4.78 is 11.7. The van der Waals surface area contributed by atoms with E-state index in [0.717, 1.165) is 0 Å². The van der Waals surface area contributed by atoms with Crippen LogP contribution in [0.2, 0.25) is 0 Å². The average molecular weight is 377 g/mol. The molecule has 2 fully saturated rings. The standard InChI is InChI=1S/C19H27N3O5/c1-2-21-18(24)8-15-5-6-16-17(27-15)12-26-11-14(23)10-22(16)19(25)13-4-3-7-20-9-13/h3-4,7,9,14-17,23H,2,5-6,8,10-12H2,1H3,(H,21,24)/t14-,15+,16-,17+/m1/s1. The maximum atomic E-state index is 13.0. The molecule has 0 spiro atoms. The molecule has 3 heterocycles. The summed E-state index contributed by atoms with van der Waals surface area (Å²) >= 11 is 0. The molecule has 0 aromatic carbocycles. The van der Waals surface area contributed by atoms with E-state index in [9.17, 15) is 14.7 Å². The van der Waals surface area contributed by atoms with Crippen LogP contribution in [-0.2, 0) is 14.3 Å². The highest BCUT2D eigenvalue weighted by molar-refractivity contribution is 5.94. The fourth-order valence-corrected chi connectivity index (χ4v) is 3.71. The van der Waals surface area contributed by atoms with Gasteiger partial charge in [-0.3, -0.25) is 14.6 Å². The SMILES string of the molecule is CCNC(=O)C[C@@H]1CC[C@@H]2[C@H](COC[C@H](O)CN2C(=O)c2cccnc2)O1. The number of rotatable bonds is 4. The van der Waals surface area contributed by atoms with Gasteiger partial charge in [-0.1, -0.05) is 0 Å². The van der Waals surface area contributed by atoms with Crippen molar-refractivity contribution in [2.75, 3.05) is 26.3 Å². The summed E-state index contributed by atoms with van der Waals surface area (Å²) in [7, 11) is 0. The number of hydrogen-bond donors (Lipinski definition) is 2. The third kappa shape index (κ3) is 5.03. The molecule has 0 bridgehead atoms. The third-order valence-electron chi connectivity index (χ3n) is 4.94. The van der Waals surface area contributed by atoms with E-state index in [2.05, 4.69) is 10.3 Å². The molecule has 0 aliphatic carbocycles. The Balaban J connectivity index is 1.74. The lowest BCUT2D eigenvalue weighted by molar-refractivity contribution is -0.150. The van der Waals surface area contributed by atoms with Crippen molar-refractivity contribution in [3.05, 3.63) is 30.1 Å². The largest absolute Gasteiger partial charge is 0.389 e. The summed E-state index contributed by atoms with van der Waals surface area (Å²) in [5.41, 5.74) is 0.481. The highest BCUT2D eigenvalue weighted by Gasteiger charge is 2.40. The van der Waals surface area contributed by atoms with Crippen LogP contribution >= 0.6 is 0 Å². The summed E-state index contributed by atoms with van der Waals surface area (Å²) in [6.45, 7) is 3.08. The van der Waals surface area contributed by atoms with Gasteiger partial charge in [-0.25, -0.2) is 0 Å². The molecule has 1 aromatic heterocycles. The lowest BCUT2D eigenvalue weighted by Gasteiger charge is -2.44. The van der Waals surface area contributed by atoms with Crippen LogP contribution in [0.5, 0.6) is 0 Å². The van der Waals surface area contributed by atoms with Crippen molar-refractivity contribution in [2.24, 2.45) is 0 Å². The minimum atomic E-state index is -0.750. The van der Waals surface area contributed by atoms with Crippen LogP contribution in [0.4, 0.5) is 0 Å². The van der Waals surface area contributed by atoms with Gasteiger partial charge in [-0.2, -0.15) is 0 Å². The molecule has 2 aliphatic rings. The van der Waals surface area contributed by atoms with E-state index in [1.165, 1.54) is 6.20 Å². The van der Waals surface area contributed by atoms with Gasteiger partial charge in [-0.15, -0.1) is 0 Å². The van der Waals surface area contributed by atoms with E-state index in [1.54, 1.807) is 23.2 Å². The zero-order valence-electron chi connectivity index (χ0n) is 15.5. The molecule has 2 aliphatic heterocycles. The Bertz CT molecular complexity index is 641. The molecule has 0 saturated carbocycles. The minimum Gasteiger partial charge on any atom is -0.389 e. The second kappa shape index (κ2) is 9.25. The fourth-order valence-electron chi connectivity index (χ4n) is 3.71. The third-order valence-corrected chi connectivity index (χ3v) is 4.94. The normalized spacial score (nSPS) is 28.6. The average Bonchev–Trinajstić information content (AvgIpc) is 2.65. The highest BCUT2D eigenvalue weighted by atomic mass is 16.5. The molecule has 2 N–H and O–H groups in total. The monoisotopic (exact) mass is 377 g/mol. The topological polar surface area (TPSA) is 101 Å². The molecule has 1 aromatic rings. The number of fused-ring (bicyclic) bond motifs is 1. The van der Waals surface area contributed by atoms with E-state index in [-0.39, 0.29) is 49.8 Å². The van der Waals surface area contributed by atoms with Crippen molar-refractivity contribution in [1.82, 2.24) is 15.2 Å². The first kappa shape index (κ1) is 19.7. The summed E-state index contributed by atoms with van der Waals surface area (Å²) in [5.74, 6) is -0.212. The molecule has 148 valence electrons. The molecular weight excluding hydrogens is 350 g/mol. The molecule has 3 rings (SSSR count). The Hall–Kier alpha value is -2.03. The first-order valence-corrected chi connectivity index (χ1v) is 9.47. The van der Waals surface area contributed by atoms with Gasteiger partial charge in [0.1, 0.15) is 6.10 Å². The predicted octanol–water partition coefficient (Wildman–Crippen LogP) is 0.357. The maximum Gasteiger partial charge on any atom is 0.255 e. The number of aromatic nitrogens is 1. The molecular formula is C19H27N3O5. The first-order valence-electron chi connectivity index (χ1n) is 9.47. The summed E-state index contributed by atoms with van der Waals surface area (Å²) in [6.07, 6.45) is 3.54. The second-order valence-electron chi connectivity index (χ2n) is 6.99. The quantitative estimate of drug-likeness (QED) is 0.786. The van der Waals surface area contributed by atoms with Crippen LogP contribution in [0.25, 0.3) is 0 Å². The highest BCUT2D eigenvalue weighted by Crippen LogP contribution is 2.28. The van der Waals surface area contributed by atoms with Crippen molar-refractivity contribution >= 4 is 11.8 Å². The van der Waals surface area contributed by atoms with Gasteiger partial charge >= 0.3 is 0 Å². The number of carbonyl (C=O) groups excluding carboxylic acids is 2. The van der Waals surface area contributed by atoms with E-state index in [1.807, 2.05) is 6.92 Å². The minimum absolute atomic E-state index is 0.0357. The zero-order chi connectivity index (χ0) is 19.2. The van der Waals surface area contributed by atoms with Crippen LogP contribution < -0.4 is 5.32 Å². The number of ether oxygens (including phenoxy) is 2. The Kier molecular flexibility index (Phi) is 6.76. The van der Waals surface area contributed by atoms with Gasteiger partial charge in [0, 0.05) is 25.5 Å². The summed E-state index contributed by atoms with van der Waals surface area (Å²) in [6, 6.07) is 3.22. The Morgan fingerprint density at radius 1 is 1.37 bits per heavy atom. The molecule has 8 nitrogen and oxygen atoms in total. The summed E-state index contributed by atoms with van der Waals surface area (Å²) in [4.78, 5) is 30.6. The number of aliphatic hydroxyl groups excluding tert-OH is 1. The second-order valence-corrected chi connectivity index (χ2v) is 6.99. The van der Waals surface area contributed by atoms with Gasteiger partial charge in [-0.05, 0) is 31.9 Å². The lowest BCUT2D eigenvalue weighted by Crippen LogP contribution is -2.57. The number of pyridine rings is 1. The van der Waals surface area contributed by atoms with Crippen LogP contribution in [-0.4, -0.2) is 77.5 Å². The van der Waals surface area contributed by atoms with Crippen LogP contribution in [0, 0.1) is 0 Å². The molecule has 0 unspecified atom stereocenters. The molecule has 2 amide bonds. The number of aliphatic hydroxyl groups is 1. The molecule has 27 heavy (non-hydrogen) atoms. The Labute approximate surface area is 158 Å². The predicted molar refractivity (Wildman–Crippen MR) is 97.1 cm³/mol. The number of nitrogens with zero attached hydrogens (tertiary/aromatic N) is 2. The van der Waals surface area contributed by atoms with Crippen LogP contribution in [0.3, 0.4) is 0 Å². The summed E-state index contributed by atoms with van der Waals surface area (Å²) in [5, 5.41) is 13.0. The van der Waals surface area contributed by atoms with Gasteiger partial charge in [0.05, 0.1) is 43.4 Å². The van der Waals surface area contributed by atoms with Crippen molar-refractivity contribution in [3.8, 4) is 0 Å². The number of carbonyl (C=O) groups is 2. The van der Waals surface area contributed by atoms with Gasteiger partial charge in [0.2, 0.25) is 5.91 Å². The maximum absolute atomic E-state index is 13.0. The first-order chi connectivity index (χ1) is 13.1. The van der Waals surface area contributed by atoms with Gasteiger partial charge < -0.3 is 24.8 Å². The molecule has 0 radical (unpaired) electrons. The fraction of sp³-hybridized carbons (Fsp3) is 0.632. The van der Waals surface area contributed by atoms with Crippen molar-refractivity contribution in [1.29, 1.82) is 0 Å². The van der Waals surface area contributed by atoms with Crippen LogP contribution in [0.1, 0.15) is 36.5 Å². The Morgan fingerprint density at radius 3 is 2.96 bits per heavy atom. The van der Waals surface area contributed by atoms with E-state index >= 15 is 0 Å². The number of nitrogens with one attached hydrogen (secondary N) is 1. The van der Waals surface area contributed by atoms with Crippen molar-refractivity contribution in [2.45, 2.75) is 50.5 Å². The zero-order valence-corrected chi connectivity index (χ0v) is 15.5. The molecule has 8 heteroatoms. The number of amides is 2. The molecule has 2 saturated heterocycles. The van der Waals surface area contributed by atoms with E-state index in [0.29, 0.717) is 31.4 Å². The van der Waals surface area contributed by atoms with Crippen molar-refractivity contribution in [3.63, 3.8) is 0 Å². The van der Waals surface area contributed by atoms with Crippen molar-refractivity contribution < 1.29 is 24.2 Å².